The van der Waals surface area contributed by atoms with Gasteiger partial charge in [0.15, 0.2) is 11.5 Å². The van der Waals surface area contributed by atoms with Crippen LogP contribution in [0.15, 0.2) is 36.5 Å². The van der Waals surface area contributed by atoms with E-state index in [1.165, 1.54) is 16.8 Å². The number of nitrogens with zero attached hydrogens (tertiary/aromatic N) is 5. The topological polar surface area (TPSA) is 115 Å². The number of nitrogens with one attached hydrogen (secondary N) is 2. The Kier molecular flexibility index (Phi) is 3.89. The summed E-state index contributed by atoms with van der Waals surface area (Å²) < 4.78 is 29.8. The molecule has 0 bridgehead atoms. The lowest BCUT2D eigenvalue weighted by Crippen LogP contribution is -2.39. The van der Waals surface area contributed by atoms with Crippen LogP contribution in [0.2, 0.25) is 0 Å². The summed E-state index contributed by atoms with van der Waals surface area (Å²) in [4.78, 5) is 37.9. The smallest absolute Gasteiger partial charge is 0.236 e. The third-order valence-electron chi connectivity index (χ3n) is 6.01. The van der Waals surface area contributed by atoms with E-state index in [1.807, 2.05) is 0 Å². The SMILES string of the molecule is C[C@@]12CC(=O)Nc3nc(-c4nn(Cc5ccccc5F)c5ncc(F)cc45)nc(c31)NC2=O. The second-order valence-electron chi connectivity index (χ2n) is 8.25. The third kappa shape index (κ3) is 2.81. The van der Waals surface area contributed by atoms with Gasteiger partial charge in [-0.1, -0.05) is 18.2 Å². The number of fused-ring (bicyclic) bond motifs is 1. The second kappa shape index (κ2) is 6.61. The molecule has 2 N–H and O–H groups in total. The minimum absolute atomic E-state index is 0.0170. The van der Waals surface area contributed by atoms with Gasteiger partial charge in [0.05, 0.1) is 29.1 Å². The maximum Gasteiger partial charge on any atom is 0.236 e. The first-order valence-corrected chi connectivity index (χ1v) is 10.1. The van der Waals surface area contributed by atoms with E-state index in [0.29, 0.717) is 22.2 Å². The third-order valence-corrected chi connectivity index (χ3v) is 6.01. The van der Waals surface area contributed by atoms with Gasteiger partial charge in [0.25, 0.3) is 0 Å². The summed E-state index contributed by atoms with van der Waals surface area (Å²) >= 11 is 0. The number of hydrogen-bond acceptors (Lipinski definition) is 6. The van der Waals surface area contributed by atoms with Crippen LogP contribution in [0.1, 0.15) is 24.5 Å². The number of pyridine rings is 1. The minimum Gasteiger partial charge on any atom is -0.310 e. The first kappa shape index (κ1) is 19.4. The summed E-state index contributed by atoms with van der Waals surface area (Å²) in [5, 5.41) is 10.2. The standard InChI is InChI=1S/C22H15F2N7O2/c1-22-7-14(32)26-17-15(22)18(29-21(22)33)28-19(27-17)16-12-6-11(23)8-25-20(12)31(30-16)9-10-4-2-3-5-13(10)24/h2-6,8H,7,9H2,1H3,(H2,26,27,28,29,32,33)/t22-/m1/s1. The van der Waals surface area contributed by atoms with Gasteiger partial charge in [-0.05, 0) is 19.1 Å². The quantitative estimate of drug-likeness (QED) is 0.499. The molecule has 5 heterocycles. The van der Waals surface area contributed by atoms with E-state index in [1.54, 1.807) is 25.1 Å². The molecular formula is C22H15F2N7O2. The average Bonchev–Trinajstić information content (AvgIpc) is 3.24. The molecule has 2 aliphatic heterocycles. The molecule has 3 aromatic heterocycles. The number of aromatic nitrogens is 5. The molecule has 4 aromatic rings. The van der Waals surface area contributed by atoms with Crippen LogP contribution in [0.4, 0.5) is 20.4 Å². The summed E-state index contributed by atoms with van der Waals surface area (Å²) in [6.45, 7) is 1.71. The number of rotatable bonds is 3. The number of anilines is 2. The number of benzene rings is 1. The van der Waals surface area contributed by atoms with E-state index >= 15 is 0 Å². The van der Waals surface area contributed by atoms with Gasteiger partial charge in [0.1, 0.15) is 29.0 Å². The highest BCUT2D eigenvalue weighted by atomic mass is 19.1. The predicted octanol–water partition coefficient (Wildman–Crippen LogP) is 2.77. The average molecular weight is 447 g/mol. The molecular weight excluding hydrogens is 432 g/mol. The first-order valence-electron chi connectivity index (χ1n) is 10.1. The van der Waals surface area contributed by atoms with Crippen LogP contribution >= 0.6 is 0 Å². The van der Waals surface area contributed by atoms with E-state index in [0.717, 1.165) is 6.20 Å². The van der Waals surface area contributed by atoms with Crippen LogP contribution < -0.4 is 10.6 Å². The van der Waals surface area contributed by atoms with E-state index in [4.69, 9.17) is 0 Å². The highest BCUT2D eigenvalue weighted by Crippen LogP contribution is 2.46. The molecule has 6 rings (SSSR count). The summed E-state index contributed by atoms with van der Waals surface area (Å²) in [7, 11) is 0. The van der Waals surface area contributed by atoms with Gasteiger partial charge < -0.3 is 10.6 Å². The maximum absolute atomic E-state index is 14.2. The zero-order valence-corrected chi connectivity index (χ0v) is 17.2. The number of halogens is 2. The van der Waals surface area contributed by atoms with Gasteiger partial charge in [-0.3, -0.25) is 9.59 Å². The zero-order chi connectivity index (χ0) is 22.9. The summed E-state index contributed by atoms with van der Waals surface area (Å²) in [6.07, 6.45) is 1.03. The molecule has 164 valence electrons. The molecule has 0 radical (unpaired) electrons. The predicted molar refractivity (Wildman–Crippen MR) is 113 cm³/mol. The molecule has 0 spiro atoms. The molecule has 2 aliphatic rings. The van der Waals surface area contributed by atoms with Crippen LogP contribution in [0.5, 0.6) is 0 Å². The molecule has 33 heavy (non-hydrogen) atoms. The van der Waals surface area contributed by atoms with Gasteiger partial charge in [-0.15, -0.1) is 0 Å². The first-order chi connectivity index (χ1) is 15.8. The van der Waals surface area contributed by atoms with Crippen molar-refractivity contribution in [3.05, 3.63) is 59.3 Å². The van der Waals surface area contributed by atoms with Crippen LogP contribution in [0.3, 0.4) is 0 Å². The van der Waals surface area contributed by atoms with E-state index < -0.39 is 17.0 Å². The molecule has 1 atom stereocenters. The van der Waals surface area contributed by atoms with E-state index in [-0.39, 0.29) is 47.9 Å². The van der Waals surface area contributed by atoms with Crippen molar-refractivity contribution < 1.29 is 18.4 Å². The second-order valence-corrected chi connectivity index (χ2v) is 8.25. The Bertz CT molecular complexity index is 1520. The number of carbonyl (C=O) groups is 2. The Hall–Kier alpha value is -4.28. The Morgan fingerprint density at radius 3 is 2.67 bits per heavy atom. The number of hydrogen-bond donors (Lipinski definition) is 2. The van der Waals surface area contributed by atoms with E-state index in [9.17, 15) is 18.4 Å². The van der Waals surface area contributed by atoms with Gasteiger partial charge >= 0.3 is 0 Å². The Labute approximate surface area is 184 Å². The lowest BCUT2D eigenvalue weighted by atomic mass is 9.79. The maximum atomic E-state index is 14.2. The van der Waals surface area contributed by atoms with Crippen molar-refractivity contribution in [1.82, 2.24) is 24.7 Å². The Morgan fingerprint density at radius 1 is 1.12 bits per heavy atom. The van der Waals surface area contributed by atoms with Crippen LogP contribution in [-0.4, -0.2) is 36.5 Å². The molecule has 0 saturated heterocycles. The largest absolute Gasteiger partial charge is 0.310 e. The molecule has 1 aromatic carbocycles. The molecule has 0 aliphatic carbocycles. The summed E-state index contributed by atoms with van der Waals surface area (Å²) in [5.41, 5.74) is 0.321. The fourth-order valence-corrected chi connectivity index (χ4v) is 4.39. The molecule has 0 unspecified atom stereocenters. The van der Waals surface area contributed by atoms with Gasteiger partial charge in [0, 0.05) is 12.0 Å². The summed E-state index contributed by atoms with van der Waals surface area (Å²) in [6, 6.07) is 7.49. The van der Waals surface area contributed by atoms with Crippen molar-refractivity contribution in [3.63, 3.8) is 0 Å². The Balaban J connectivity index is 1.55. The van der Waals surface area contributed by atoms with Gasteiger partial charge in [-0.25, -0.2) is 28.4 Å². The van der Waals surface area contributed by atoms with Crippen molar-refractivity contribution in [3.8, 4) is 11.5 Å². The molecule has 0 saturated carbocycles. The van der Waals surface area contributed by atoms with Crippen molar-refractivity contribution >= 4 is 34.5 Å². The highest BCUT2D eigenvalue weighted by Gasteiger charge is 2.50. The molecule has 0 fully saturated rings. The van der Waals surface area contributed by atoms with Crippen molar-refractivity contribution in [2.75, 3.05) is 10.6 Å². The molecule has 9 nitrogen and oxygen atoms in total. The lowest BCUT2D eigenvalue weighted by Gasteiger charge is -2.27. The number of amides is 2. The van der Waals surface area contributed by atoms with Crippen molar-refractivity contribution in [2.45, 2.75) is 25.3 Å². The van der Waals surface area contributed by atoms with Crippen molar-refractivity contribution in [1.29, 1.82) is 0 Å². The minimum atomic E-state index is -1.06. The van der Waals surface area contributed by atoms with E-state index in [2.05, 4.69) is 30.7 Å². The molecule has 11 heteroatoms. The normalized spacial score (nSPS) is 18.9. The van der Waals surface area contributed by atoms with Crippen molar-refractivity contribution in [2.24, 2.45) is 0 Å². The monoisotopic (exact) mass is 447 g/mol. The Morgan fingerprint density at radius 2 is 1.88 bits per heavy atom. The van der Waals surface area contributed by atoms with Crippen LogP contribution in [0, 0.1) is 11.6 Å². The number of carbonyl (C=O) groups excluding carboxylic acids is 2. The lowest BCUT2D eigenvalue weighted by molar-refractivity contribution is -0.125. The fraction of sp³-hybridized carbons (Fsp3) is 0.182. The van der Waals surface area contributed by atoms with Gasteiger partial charge in [-0.2, -0.15) is 5.10 Å². The summed E-state index contributed by atoms with van der Waals surface area (Å²) in [5.74, 6) is -1.15. The van der Waals surface area contributed by atoms with Crippen LogP contribution in [-0.2, 0) is 21.5 Å². The van der Waals surface area contributed by atoms with Crippen LogP contribution in [0.25, 0.3) is 22.6 Å². The van der Waals surface area contributed by atoms with Gasteiger partial charge in [0.2, 0.25) is 11.8 Å². The highest BCUT2D eigenvalue weighted by molar-refractivity contribution is 6.13. The fourth-order valence-electron chi connectivity index (χ4n) is 4.39. The molecule has 2 amide bonds. The zero-order valence-electron chi connectivity index (χ0n) is 17.2.